The Labute approximate surface area is 205 Å². The summed E-state index contributed by atoms with van der Waals surface area (Å²) in [6, 6.07) is 13.2. The molecule has 1 N–H and O–H groups in total. The van der Waals surface area contributed by atoms with Crippen molar-refractivity contribution in [2.24, 2.45) is 0 Å². The van der Waals surface area contributed by atoms with E-state index < -0.39 is 0 Å². The van der Waals surface area contributed by atoms with E-state index >= 15 is 0 Å². The highest BCUT2D eigenvalue weighted by Gasteiger charge is 2.33. The molecular weight excluding hydrogens is 470 g/mol. The van der Waals surface area contributed by atoms with Crippen LogP contribution in [0.1, 0.15) is 25.2 Å². The predicted octanol–water partition coefficient (Wildman–Crippen LogP) is 3.72. The highest BCUT2D eigenvalue weighted by Crippen LogP contribution is 2.34. The van der Waals surface area contributed by atoms with Crippen molar-refractivity contribution in [2.75, 3.05) is 26.0 Å². The Morgan fingerprint density at radius 2 is 2.12 bits per heavy atom. The van der Waals surface area contributed by atoms with Crippen LogP contribution in [0.2, 0.25) is 0 Å². The SMILES string of the molecule is COc1cccc(-c2nc(C)sc2C(=O)N2CCSC2CNC(=O)c2cnc3ccccn23)c1. The monoisotopic (exact) mass is 493 g/mol. The number of imidazole rings is 1. The smallest absolute Gasteiger partial charge is 0.270 e. The van der Waals surface area contributed by atoms with E-state index in [9.17, 15) is 9.59 Å². The number of fused-ring (bicyclic) bond motifs is 1. The number of nitrogens with one attached hydrogen (secondary N) is 1. The summed E-state index contributed by atoms with van der Waals surface area (Å²) in [6.45, 7) is 2.87. The molecule has 0 bridgehead atoms. The number of thioether (sulfide) groups is 1. The maximum absolute atomic E-state index is 13.6. The van der Waals surface area contributed by atoms with E-state index in [-0.39, 0.29) is 17.2 Å². The highest BCUT2D eigenvalue weighted by molar-refractivity contribution is 8.00. The zero-order valence-electron chi connectivity index (χ0n) is 18.7. The van der Waals surface area contributed by atoms with Gasteiger partial charge in [0, 0.05) is 30.6 Å². The molecule has 1 aromatic carbocycles. The molecule has 174 valence electrons. The molecule has 1 saturated heterocycles. The van der Waals surface area contributed by atoms with E-state index in [0.29, 0.717) is 40.8 Å². The summed E-state index contributed by atoms with van der Waals surface area (Å²) >= 11 is 3.06. The van der Waals surface area contributed by atoms with Crippen molar-refractivity contribution >= 4 is 40.6 Å². The van der Waals surface area contributed by atoms with Crippen molar-refractivity contribution in [1.82, 2.24) is 24.6 Å². The molecule has 1 atom stereocenters. The maximum Gasteiger partial charge on any atom is 0.270 e. The van der Waals surface area contributed by atoms with Crippen LogP contribution in [-0.2, 0) is 0 Å². The van der Waals surface area contributed by atoms with E-state index in [1.54, 1.807) is 29.5 Å². The molecule has 1 fully saturated rings. The third-order valence-corrected chi connectivity index (χ3v) is 7.79. The first-order chi connectivity index (χ1) is 16.5. The van der Waals surface area contributed by atoms with E-state index in [0.717, 1.165) is 16.3 Å². The Morgan fingerprint density at radius 3 is 2.97 bits per heavy atom. The Balaban J connectivity index is 1.33. The highest BCUT2D eigenvalue weighted by atomic mass is 32.2. The van der Waals surface area contributed by atoms with Crippen molar-refractivity contribution in [1.29, 1.82) is 0 Å². The van der Waals surface area contributed by atoms with Gasteiger partial charge in [-0.25, -0.2) is 9.97 Å². The van der Waals surface area contributed by atoms with Gasteiger partial charge in [-0.15, -0.1) is 23.1 Å². The second-order valence-corrected chi connectivity index (χ2v) is 10.2. The number of aromatic nitrogens is 3. The number of nitrogens with zero attached hydrogens (tertiary/aromatic N) is 4. The quantitative estimate of drug-likeness (QED) is 0.440. The van der Waals surface area contributed by atoms with Gasteiger partial charge < -0.3 is 15.0 Å². The number of amides is 2. The predicted molar refractivity (Wildman–Crippen MR) is 134 cm³/mol. The van der Waals surface area contributed by atoms with E-state index in [1.165, 1.54) is 11.3 Å². The number of carbonyl (C=O) groups is 2. The molecular formula is C24H23N5O3S2. The van der Waals surface area contributed by atoms with Crippen molar-refractivity contribution in [3.8, 4) is 17.0 Å². The minimum atomic E-state index is -0.218. The van der Waals surface area contributed by atoms with Gasteiger partial charge in [-0.1, -0.05) is 18.2 Å². The van der Waals surface area contributed by atoms with Gasteiger partial charge in [0.2, 0.25) is 0 Å². The van der Waals surface area contributed by atoms with Crippen LogP contribution in [0, 0.1) is 6.92 Å². The van der Waals surface area contributed by atoms with Crippen molar-refractivity contribution in [3.63, 3.8) is 0 Å². The lowest BCUT2D eigenvalue weighted by molar-refractivity contribution is 0.0756. The number of carbonyl (C=O) groups excluding carboxylic acids is 2. The van der Waals surface area contributed by atoms with Crippen LogP contribution in [0.5, 0.6) is 5.75 Å². The van der Waals surface area contributed by atoms with Crippen LogP contribution < -0.4 is 10.1 Å². The lowest BCUT2D eigenvalue weighted by Crippen LogP contribution is -2.42. The summed E-state index contributed by atoms with van der Waals surface area (Å²) in [6.07, 6.45) is 3.37. The molecule has 0 aliphatic carbocycles. The number of ether oxygens (including phenoxy) is 1. The molecule has 0 saturated carbocycles. The average molecular weight is 494 g/mol. The fourth-order valence-corrected chi connectivity index (χ4v) is 6.02. The Kier molecular flexibility index (Phi) is 6.25. The largest absolute Gasteiger partial charge is 0.497 e. The van der Waals surface area contributed by atoms with Gasteiger partial charge in [-0.3, -0.25) is 14.0 Å². The molecule has 2 amide bonds. The fourth-order valence-electron chi connectivity index (χ4n) is 3.96. The number of hydrogen-bond acceptors (Lipinski definition) is 7. The average Bonchev–Trinajstić information content (AvgIpc) is 3.60. The number of benzene rings is 1. The number of methoxy groups -OCH3 is 1. The number of hydrogen-bond donors (Lipinski definition) is 1. The summed E-state index contributed by atoms with van der Waals surface area (Å²) in [5, 5.41) is 3.65. The fraction of sp³-hybridized carbons (Fsp3) is 0.250. The van der Waals surface area contributed by atoms with Gasteiger partial charge in [0.1, 0.15) is 22.0 Å². The number of aryl methyl sites for hydroxylation is 1. The molecule has 8 nitrogen and oxygen atoms in total. The standard InChI is InChI=1S/C24H23N5O3S2/c1-15-27-21(16-6-5-7-17(12-16)32-2)22(34-15)24(31)29-10-11-33-20(29)14-26-23(30)18-13-25-19-8-3-4-9-28(18)19/h3-9,12-13,20H,10-11,14H2,1-2H3,(H,26,30). The second-order valence-electron chi connectivity index (χ2n) is 7.75. The first-order valence-corrected chi connectivity index (χ1v) is 12.7. The van der Waals surface area contributed by atoms with Crippen LogP contribution >= 0.6 is 23.1 Å². The molecule has 4 heterocycles. The van der Waals surface area contributed by atoms with Gasteiger partial charge in [0.25, 0.3) is 11.8 Å². The summed E-state index contributed by atoms with van der Waals surface area (Å²) in [5.41, 5.74) is 2.69. The van der Waals surface area contributed by atoms with Gasteiger partial charge >= 0.3 is 0 Å². The minimum Gasteiger partial charge on any atom is -0.497 e. The normalized spacial score (nSPS) is 15.6. The molecule has 3 aromatic heterocycles. The zero-order chi connectivity index (χ0) is 23.7. The van der Waals surface area contributed by atoms with Crippen molar-refractivity contribution < 1.29 is 14.3 Å². The van der Waals surface area contributed by atoms with Gasteiger partial charge in [0.05, 0.1) is 29.4 Å². The molecule has 34 heavy (non-hydrogen) atoms. The van der Waals surface area contributed by atoms with E-state index in [2.05, 4.69) is 15.3 Å². The van der Waals surface area contributed by atoms with Crippen molar-refractivity contribution in [3.05, 3.63) is 70.4 Å². The van der Waals surface area contributed by atoms with E-state index in [1.807, 2.05) is 60.5 Å². The third kappa shape index (κ3) is 4.26. The van der Waals surface area contributed by atoms with Crippen LogP contribution in [0.25, 0.3) is 16.9 Å². The molecule has 0 radical (unpaired) electrons. The summed E-state index contributed by atoms with van der Waals surface area (Å²) in [5.74, 6) is 1.24. The lowest BCUT2D eigenvalue weighted by atomic mass is 10.1. The Bertz CT molecular complexity index is 1370. The molecule has 5 rings (SSSR count). The number of pyridine rings is 1. The summed E-state index contributed by atoms with van der Waals surface area (Å²) < 4.78 is 7.09. The lowest BCUT2D eigenvalue weighted by Gasteiger charge is -2.24. The van der Waals surface area contributed by atoms with E-state index in [4.69, 9.17) is 4.74 Å². The minimum absolute atomic E-state index is 0.0672. The number of thiazole rings is 1. The third-order valence-electron chi connectivity index (χ3n) is 5.61. The Morgan fingerprint density at radius 1 is 1.24 bits per heavy atom. The van der Waals surface area contributed by atoms with Crippen LogP contribution in [0.4, 0.5) is 0 Å². The molecule has 0 spiro atoms. The van der Waals surface area contributed by atoms with Gasteiger partial charge in [-0.05, 0) is 31.2 Å². The summed E-state index contributed by atoms with van der Waals surface area (Å²) in [4.78, 5) is 37.8. The van der Waals surface area contributed by atoms with Gasteiger partial charge in [0.15, 0.2) is 0 Å². The van der Waals surface area contributed by atoms with Crippen LogP contribution in [0.3, 0.4) is 0 Å². The van der Waals surface area contributed by atoms with Gasteiger partial charge in [-0.2, -0.15) is 0 Å². The molecule has 10 heteroatoms. The van der Waals surface area contributed by atoms with Crippen LogP contribution in [-0.4, -0.2) is 62.4 Å². The van der Waals surface area contributed by atoms with Crippen molar-refractivity contribution in [2.45, 2.75) is 12.3 Å². The van der Waals surface area contributed by atoms with Crippen LogP contribution in [0.15, 0.2) is 54.9 Å². The maximum atomic E-state index is 13.6. The molecule has 4 aromatic rings. The summed E-state index contributed by atoms with van der Waals surface area (Å²) in [7, 11) is 1.62. The molecule has 1 aliphatic rings. The first-order valence-electron chi connectivity index (χ1n) is 10.8. The topological polar surface area (TPSA) is 88.8 Å². The Hall–Kier alpha value is -3.37. The zero-order valence-corrected chi connectivity index (χ0v) is 20.4. The molecule has 1 aliphatic heterocycles. The number of rotatable bonds is 6. The second kappa shape index (κ2) is 9.47. The molecule has 1 unspecified atom stereocenters. The first kappa shape index (κ1) is 22.4.